The van der Waals surface area contributed by atoms with Crippen LogP contribution in [0, 0.1) is 11.2 Å². The van der Waals surface area contributed by atoms with Crippen molar-refractivity contribution in [1.82, 2.24) is 14.7 Å². The Morgan fingerprint density at radius 1 is 1.34 bits per heavy atom. The van der Waals surface area contributed by atoms with Gasteiger partial charge in [0.2, 0.25) is 5.91 Å². The maximum atomic E-state index is 14.1. The van der Waals surface area contributed by atoms with Gasteiger partial charge in [-0.1, -0.05) is 25.4 Å². The second kappa shape index (κ2) is 6.17. The Bertz CT molecular complexity index is 983. The highest BCUT2D eigenvalue weighted by atomic mass is 35.5. The summed E-state index contributed by atoms with van der Waals surface area (Å²) in [4.78, 5) is 15.4. The SMILES string of the molecule is CC(CC(=O)N1C2CC3(C)CC1CC(O)(C2)C3)c1nn(C)c2ccc(F)c(Cl)c12. The smallest absolute Gasteiger partial charge is 0.223 e. The lowest BCUT2D eigenvalue weighted by molar-refractivity contribution is -0.193. The molecule has 4 fully saturated rings. The number of fused-ring (bicyclic) bond motifs is 1. The number of carbonyl (C=O) groups is 1. The lowest BCUT2D eigenvalue weighted by Crippen LogP contribution is -2.68. The standard InChI is InChI=1S/C22H27ClFN3O2/c1-12(20-18-16(26(3)25-20)5-4-15(24)19(18)23)6-17(28)27-13-7-21(2)8-14(27)10-22(29,9-13)11-21/h4-5,12-14,29H,6-11H2,1-3H3. The zero-order valence-corrected chi connectivity index (χ0v) is 17.8. The topological polar surface area (TPSA) is 58.4 Å². The van der Waals surface area contributed by atoms with Crippen LogP contribution in [0.1, 0.15) is 64.0 Å². The summed E-state index contributed by atoms with van der Waals surface area (Å²) in [5.74, 6) is -0.551. The van der Waals surface area contributed by atoms with E-state index < -0.39 is 11.4 Å². The fourth-order valence-electron chi connectivity index (χ4n) is 6.64. The van der Waals surface area contributed by atoms with Gasteiger partial charge in [0.05, 0.1) is 21.8 Å². The van der Waals surface area contributed by atoms with Crippen LogP contribution in [0.3, 0.4) is 0 Å². The van der Waals surface area contributed by atoms with E-state index in [0.29, 0.717) is 30.3 Å². The van der Waals surface area contributed by atoms with Gasteiger partial charge in [0.1, 0.15) is 5.82 Å². The van der Waals surface area contributed by atoms with Crippen molar-refractivity contribution in [3.8, 4) is 0 Å². The lowest BCUT2D eigenvalue weighted by atomic mass is 9.54. The summed E-state index contributed by atoms with van der Waals surface area (Å²) in [5.41, 5.74) is 0.961. The largest absolute Gasteiger partial charge is 0.390 e. The molecule has 3 heterocycles. The van der Waals surface area contributed by atoms with E-state index in [1.807, 2.05) is 11.8 Å². The number of benzene rings is 1. The van der Waals surface area contributed by atoms with Crippen molar-refractivity contribution in [2.24, 2.45) is 12.5 Å². The highest BCUT2D eigenvalue weighted by Gasteiger charge is 2.59. The average molecular weight is 420 g/mol. The van der Waals surface area contributed by atoms with E-state index in [9.17, 15) is 14.3 Å². The third-order valence-electron chi connectivity index (χ3n) is 7.40. The lowest BCUT2D eigenvalue weighted by Gasteiger charge is -2.63. The van der Waals surface area contributed by atoms with Crippen LogP contribution in [0.15, 0.2) is 12.1 Å². The summed E-state index contributed by atoms with van der Waals surface area (Å²) < 4.78 is 15.7. The second-order valence-corrected chi connectivity index (χ2v) is 10.4. The molecule has 3 atom stereocenters. The van der Waals surface area contributed by atoms with Crippen molar-refractivity contribution in [1.29, 1.82) is 0 Å². The summed E-state index contributed by atoms with van der Waals surface area (Å²) in [6.45, 7) is 4.20. The van der Waals surface area contributed by atoms with E-state index in [1.54, 1.807) is 17.8 Å². The minimum absolute atomic E-state index is 0.0648. The van der Waals surface area contributed by atoms with Crippen molar-refractivity contribution >= 4 is 28.4 Å². The van der Waals surface area contributed by atoms with Gasteiger partial charge >= 0.3 is 0 Å². The number of nitrogens with zero attached hydrogens (tertiary/aromatic N) is 3. The highest BCUT2D eigenvalue weighted by molar-refractivity contribution is 6.35. The number of piperidine rings is 2. The Morgan fingerprint density at radius 3 is 2.62 bits per heavy atom. The van der Waals surface area contributed by atoms with Gasteiger partial charge in [-0.3, -0.25) is 9.48 Å². The Balaban J connectivity index is 1.41. The predicted octanol–water partition coefficient (Wildman–Crippen LogP) is 4.15. The molecular weight excluding hydrogens is 393 g/mol. The molecule has 1 N–H and O–H groups in total. The van der Waals surface area contributed by atoms with Gasteiger partial charge in [0.25, 0.3) is 0 Å². The van der Waals surface area contributed by atoms with Crippen LogP contribution in [0.2, 0.25) is 5.02 Å². The number of rotatable bonds is 3. The van der Waals surface area contributed by atoms with Crippen molar-refractivity contribution in [3.63, 3.8) is 0 Å². The number of aliphatic hydroxyl groups is 1. The van der Waals surface area contributed by atoms with Crippen LogP contribution in [-0.2, 0) is 11.8 Å². The molecule has 2 saturated carbocycles. The molecule has 7 heteroatoms. The quantitative estimate of drug-likeness (QED) is 0.812. The van der Waals surface area contributed by atoms with Crippen LogP contribution < -0.4 is 0 Å². The molecule has 1 amide bonds. The second-order valence-electron chi connectivity index (χ2n) is 10.0. The molecule has 0 spiro atoms. The maximum absolute atomic E-state index is 14.1. The van der Waals surface area contributed by atoms with E-state index in [1.165, 1.54) is 6.07 Å². The fourth-order valence-corrected chi connectivity index (χ4v) is 6.89. The molecule has 2 aromatic rings. The van der Waals surface area contributed by atoms with E-state index in [-0.39, 0.29) is 34.3 Å². The summed E-state index contributed by atoms with van der Waals surface area (Å²) in [5, 5.41) is 16.1. The summed E-state index contributed by atoms with van der Waals surface area (Å²) >= 11 is 6.25. The maximum Gasteiger partial charge on any atom is 0.223 e. The Labute approximate surface area is 174 Å². The molecule has 1 aromatic heterocycles. The predicted molar refractivity (Wildman–Crippen MR) is 109 cm³/mol. The third kappa shape index (κ3) is 2.90. The number of aromatic nitrogens is 2. The molecule has 5 nitrogen and oxygen atoms in total. The van der Waals surface area contributed by atoms with Crippen LogP contribution in [-0.4, -0.2) is 43.4 Å². The van der Waals surface area contributed by atoms with Gasteiger partial charge in [-0.15, -0.1) is 0 Å². The first kappa shape index (κ1) is 19.3. The van der Waals surface area contributed by atoms with E-state index in [2.05, 4.69) is 12.0 Å². The summed E-state index contributed by atoms with van der Waals surface area (Å²) in [6, 6.07) is 3.25. The van der Waals surface area contributed by atoms with Crippen molar-refractivity contribution < 1.29 is 14.3 Å². The minimum Gasteiger partial charge on any atom is -0.390 e. The van der Waals surface area contributed by atoms with Crippen molar-refractivity contribution in [2.45, 2.75) is 76.0 Å². The first-order valence-corrected chi connectivity index (χ1v) is 10.8. The summed E-state index contributed by atoms with van der Waals surface area (Å²) in [7, 11) is 1.80. The number of amides is 1. The average Bonchev–Trinajstić information content (AvgIpc) is 2.93. The van der Waals surface area contributed by atoms with Gasteiger partial charge in [-0.2, -0.15) is 5.10 Å². The Hall–Kier alpha value is -1.66. The Kier molecular flexibility index (Phi) is 4.11. The number of hydrogen-bond acceptors (Lipinski definition) is 3. The Morgan fingerprint density at radius 2 is 2.00 bits per heavy atom. The molecule has 3 unspecified atom stereocenters. The van der Waals surface area contributed by atoms with Crippen LogP contribution >= 0.6 is 11.6 Å². The van der Waals surface area contributed by atoms with Crippen molar-refractivity contribution in [2.75, 3.05) is 0 Å². The van der Waals surface area contributed by atoms with Gasteiger partial charge < -0.3 is 10.0 Å². The zero-order chi connectivity index (χ0) is 20.7. The molecule has 6 rings (SSSR count). The molecule has 0 radical (unpaired) electrons. The molecule has 156 valence electrons. The third-order valence-corrected chi connectivity index (χ3v) is 7.77. The molecule has 29 heavy (non-hydrogen) atoms. The van der Waals surface area contributed by atoms with Crippen LogP contribution in [0.5, 0.6) is 0 Å². The number of aryl methyl sites for hydroxylation is 1. The normalized spacial score (nSPS) is 34.2. The first-order valence-electron chi connectivity index (χ1n) is 10.4. The molecule has 2 aliphatic heterocycles. The van der Waals surface area contributed by atoms with Gasteiger partial charge in [-0.25, -0.2) is 4.39 Å². The van der Waals surface area contributed by atoms with Crippen LogP contribution in [0.25, 0.3) is 10.9 Å². The highest BCUT2D eigenvalue weighted by Crippen LogP contribution is 2.57. The van der Waals surface area contributed by atoms with Gasteiger partial charge in [0, 0.05) is 36.9 Å². The molecular formula is C22H27ClFN3O2. The fraction of sp³-hybridized carbons (Fsp3) is 0.636. The van der Waals surface area contributed by atoms with E-state index in [0.717, 1.165) is 24.8 Å². The number of carbonyl (C=O) groups excluding carboxylic acids is 1. The monoisotopic (exact) mass is 419 g/mol. The van der Waals surface area contributed by atoms with E-state index in [4.69, 9.17) is 11.6 Å². The molecule has 4 aliphatic rings. The first-order chi connectivity index (χ1) is 13.6. The molecule has 2 aliphatic carbocycles. The molecule has 4 bridgehead atoms. The summed E-state index contributed by atoms with van der Waals surface area (Å²) in [6.07, 6.45) is 4.47. The number of halogens is 2. The number of hydrogen-bond donors (Lipinski definition) is 1. The van der Waals surface area contributed by atoms with Gasteiger partial charge in [-0.05, 0) is 49.7 Å². The molecule has 1 aromatic carbocycles. The minimum atomic E-state index is -0.606. The molecule has 2 saturated heterocycles. The van der Waals surface area contributed by atoms with E-state index >= 15 is 0 Å². The van der Waals surface area contributed by atoms with Crippen LogP contribution in [0.4, 0.5) is 4.39 Å². The van der Waals surface area contributed by atoms with Crippen molar-refractivity contribution in [3.05, 3.63) is 28.7 Å². The van der Waals surface area contributed by atoms with Gasteiger partial charge in [0.15, 0.2) is 0 Å². The zero-order valence-electron chi connectivity index (χ0n) is 17.1.